The lowest BCUT2D eigenvalue weighted by atomic mass is 10.0. The first kappa shape index (κ1) is 20.4. The van der Waals surface area contributed by atoms with Crippen LogP contribution in [0.5, 0.6) is 5.75 Å². The summed E-state index contributed by atoms with van der Waals surface area (Å²) in [6, 6.07) is 13.5. The van der Waals surface area contributed by atoms with Crippen LogP contribution in [0.2, 0.25) is 0 Å². The molecule has 0 bridgehead atoms. The highest BCUT2D eigenvalue weighted by atomic mass is 16.5. The van der Waals surface area contributed by atoms with Gasteiger partial charge in [-0.25, -0.2) is 0 Å². The summed E-state index contributed by atoms with van der Waals surface area (Å²) in [5.74, 6) is 0.145. The van der Waals surface area contributed by atoms with Crippen molar-refractivity contribution in [2.75, 3.05) is 0 Å². The molecule has 0 spiro atoms. The minimum atomic E-state index is -0.711. The molecule has 25 heavy (non-hydrogen) atoms. The number of aliphatic carboxylic acids is 1. The van der Waals surface area contributed by atoms with E-state index in [1.165, 1.54) is 16.7 Å². The van der Waals surface area contributed by atoms with E-state index < -0.39 is 5.97 Å². The Morgan fingerprint density at radius 2 is 1.56 bits per heavy atom. The Kier molecular flexibility index (Phi) is 8.40. The fraction of sp³-hybridized carbons (Fsp3) is 0.333. The van der Waals surface area contributed by atoms with Crippen molar-refractivity contribution in [2.24, 2.45) is 0 Å². The van der Waals surface area contributed by atoms with E-state index in [0.29, 0.717) is 18.6 Å². The molecule has 0 aliphatic carbocycles. The van der Waals surface area contributed by atoms with Gasteiger partial charge in [0, 0.05) is 12.0 Å². The first-order chi connectivity index (χ1) is 11.8. The first-order valence-corrected chi connectivity index (χ1v) is 8.35. The molecule has 2 rings (SSSR count). The Hall–Kier alpha value is -2.62. The van der Waals surface area contributed by atoms with E-state index in [1.54, 1.807) is 19.1 Å². The van der Waals surface area contributed by atoms with Crippen LogP contribution in [0.4, 0.5) is 0 Å². The van der Waals surface area contributed by atoms with Crippen molar-refractivity contribution in [1.29, 1.82) is 0 Å². The molecule has 4 heteroatoms. The molecule has 4 nitrogen and oxygen atoms in total. The van der Waals surface area contributed by atoms with Gasteiger partial charge in [-0.2, -0.15) is 0 Å². The fourth-order valence-electron chi connectivity index (χ4n) is 2.23. The Labute approximate surface area is 149 Å². The number of ether oxygens (including phenoxy) is 1. The summed E-state index contributed by atoms with van der Waals surface area (Å²) in [5, 5.41) is 7.91. The molecule has 0 heterocycles. The van der Waals surface area contributed by atoms with Gasteiger partial charge >= 0.3 is 5.97 Å². The molecular formula is C21H26O4. The molecule has 0 unspecified atom stereocenters. The molecule has 134 valence electrons. The zero-order valence-corrected chi connectivity index (χ0v) is 15.3. The third kappa shape index (κ3) is 7.21. The van der Waals surface area contributed by atoms with Crippen LogP contribution in [-0.4, -0.2) is 16.9 Å². The van der Waals surface area contributed by atoms with Gasteiger partial charge in [0.1, 0.15) is 12.4 Å². The van der Waals surface area contributed by atoms with Gasteiger partial charge < -0.3 is 9.84 Å². The molecule has 0 aliphatic heterocycles. The number of aryl methyl sites for hydroxylation is 2. The second kappa shape index (κ2) is 10.3. The Morgan fingerprint density at radius 3 is 1.96 bits per heavy atom. The monoisotopic (exact) mass is 342 g/mol. The first-order valence-electron chi connectivity index (χ1n) is 8.35. The van der Waals surface area contributed by atoms with Gasteiger partial charge in [0.2, 0.25) is 0 Å². The summed E-state index contributed by atoms with van der Waals surface area (Å²) < 4.78 is 5.78. The van der Waals surface area contributed by atoms with Crippen LogP contribution in [-0.2, 0) is 11.4 Å². The molecule has 1 N–H and O–H groups in total. The van der Waals surface area contributed by atoms with Crippen LogP contribution in [0, 0.1) is 13.8 Å². The topological polar surface area (TPSA) is 63.6 Å². The smallest absolute Gasteiger partial charge is 0.303 e. The van der Waals surface area contributed by atoms with Gasteiger partial charge in [-0.1, -0.05) is 25.1 Å². The second-order valence-electron chi connectivity index (χ2n) is 5.88. The van der Waals surface area contributed by atoms with E-state index in [2.05, 4.69) is 32.0 Å². The number of carboxylic acids is 1. The average Bonchev–Trinajstić information content (AvgIpc) is 2.55. The van der Waals surface area contributed by atoms with E-state index in [4.69, 9.17) is 9.84 Å². The summed E-state index contributed by atoms with van der Waals surface area (Å²) in [5.41, 5.74) is 4.40. The number of benzene rings is 2. The van der Waals surface area contributed by atoms with Crippen molar-refractivity contribution in [2.45, 2.75) is 47.1 Å². The van der Waals surface area contributed by atoms with Crippen LogP contribution < -0.4 is 4.74 Å². The number of hydrogen-bond acceptors (Lipinski definition) is 3. The molecule has 0 radical (unpaired) electrons. The zero-order valence-electron chi connectivity index (χ0n) is 15.3. The largest absolute Gasteiger partial charge is 0.489 e. The SMILES string of the molecule is CC(=O)c1ccc(OCc2c(C)cccc2C)cc1.CCCC(=O)O. The maximum atomic E-state index is 11.2. The molecule has 2 aromatic rings. The number of carbonyl (C=O) groups is 2. The van der Waals surface area contributed by atoms with Crippen LogP contribution in [0.3, 0.4) is 0 Å². The standard InChI is InChI=1S/C17H18O2.C4H8O2/c1-12-5-4-6-13(2)17(12)11-19-16-9-7-15(8-10-16)14(3)18;1-2-3-4(5)6/h4-10H,11H2,1-3H3;2-3H2,1H3,(H,5,6). The van der Waals surface area contributed by atoms with Crippen LogP contribution in [0.1, 0.15) is 53.7 Å². The van der Waals surface area contributed by atoms with E-state index in [1.807, 2.05) is 19.1 Å². The molecular weight excluding hydrogens is 316 g/mol. The second-order valence-corrected chi connectivity index (χ2v) is 5.88. The van der Waals surface area contributed by atoms with Crippen molar-refractivity contribution in [3.63, 3.8) is 0 Å². The molecule has 0 aliphatic rings. The molecule has 0 aromatic heterocycles. The van der Waals surface area contributed by atoms with Gasteiger partial charge in [-0.3, -0.25) is 9.59 Å². The number of rotatable bonds is 6. The Bertz CT molecular complexity index is 682. The number of carboxylic acid groups (broad SMARTS) is 1. The minimum Gasteiger partial charge on any atom is -0.489 e. The third-order valence-corrected chi connectivity index (χ3v) is 3.75. The molecule has 2 aromatic carbocycles. The number of Topliss-reactive ketones (excluding diaryl/α,β-unsaturated/α-hetero) is 1. The van der Waals surface area contributed by atoms with Crippen molar-refractivity contribution in [1.82, 2.24) is 0 Å². The van der Waals surface area contributed by atoms with Crippen LogP contribution in [0.25, 0.3) is 0 Å². The van der Waals surface area contributed by atoms with Crippen molar-refractivity contribution in [3.05, 3.63) is 64.7 Å². The maximum absolute atomic E-state index is 11.2. The lowest BCUT2D eigenvalue weighted by Gasteiger charge is -2.11. The number of carbonyl (C=O) groups excluding carboxylic acids is 1. The van der Waals surface area contributed by atoms with Crippen molar-refractivity contribution >= 4 is 11.8 Å². The lowest BCUT2D eigenvalue weighted by Crippen LogP contribution is -2.01. The summed E-state index contributed by atoms with van der Waals surface area (Å²) >= 11 is 0. The predicted octanol–water partition coefficient (Wildman–Crippen LogP) is 4.96. The van der Waals surface area contributed by atoms with Crippen molar-refractivity contribution in [3.8, 4) is 5.75 Å². The van der Waals surface area contributed by atoms with Crippen molar-refractivity contribution < 1.29 is 19.4 Å². The van der Waals surface area contributed by atoms with E-state index in [9.17, 15) is 9.59 Å². The summed E-state index contributed by atoms with van der Waals surface area (Å²) in [6.45, 7) is 8.13. The molecule has 0 atom stereocenters. The third-order valence-electron chi connectivity index (χ3n) is 3.75. The maximum Gasteiger partial charge on any atom is 0.303 e. The molecule has 0 amide bonds. The highest BCUT2D eigenvalue weighted by Crippen LogP contribution is 2.18. The highest BCUT2D eigenvalue weighted by molar-refractivity contribution is 5.94. The summed E-state index contributed by atoms with van der Waals surface area (Å²) in [7, 11) is 0. The van der Waals surface area contributed by atoms with Gasteiger partial charge in [0.25, 0.3) is 0 Å². The van der Waals surface area contributed by atoms with Gasteiger partial charge in [0.05, 0.1) is 0 Å². The molecule has 0 saturated heterocycles. The Balaban J connectivity index is 0.000000450. The molecule has 0 fully saturated rings. The van der Waals surface area contributed by atoms with Crippen LogP contribution in [0.15, 0.2) is 42.5 Å². The Morgan fingerprint density at radius 1 is 1.00 bits per heavy atom. The predicted molar refractivity (Wildman–Crippen MR) is 99.2 cm³/mol. The number of hydrogen-bond donors (Lipinski definition) is 1. The normalized spacial score (nSPS) is 9.76. The quantitative estimate of drug-likeness (QED) is 0.754. The van der Waals surface area contributed by atoms with E-state index >= 15 is 0 Å². The summed E-state index contributed by atoms with van der Waals surface area (Å²) in [4.78, 5) is 20.8. The van der Waals surface area contributed by atoms with E-state index in [0.717, 1.165) is 12.2 Å². The summed E-state index contributed by atoms with van der Waals surface area (Å²) in [6.07, 6.45) is 1.02. The van der Waals surface area contributed by atoms with Gasteiger partial charge in [-0.05, 0) is 68.1 Å². The van der Waals surface area contributed by atoms with E-state index in [-0.39, 0.29) is 5.78 Å². The lowest BCUT2D eigenvalue weighted by molar-refractivity contribution is -0.137. The number of ketones is 1. The molecule has 0 saturated carbocycles. The minimum absolute atomic E-state index is 0.0706. The van der Waals surface area contributed by atoms with Gasteiger partial charge in [-0.15, -0.1) is 0 Å². The highest BCUT2D eigenvalue weighted by Gasteiger charge is 2.04. The zero-order chi connectivity index (χ0) is 18.8. The average molecular weight is 342 g/mol. The van der Waals surface area contributed by atoms with Gasteiger partial charge in [0.15, 0.2) is 5.78 Å². The fourth-order valence-corrected chi connectivity index (χ4v) is 2.23. The van der Waals surface area contributed by atoms with Crippen LogP contribution >= 0.6 is 0 Å².